The molecule has 0 N–H and O–H groups in total. The lowest BCUT2D eigenvalue weighted by molar-refractivity contribution is -0.134. The predicted octanol–water partition coefficient (Wildman–Crippen LogP) is 1.97. The smallest absolute Gasteiger partial charge is 0.148 e. The maximum Gasteiger partial charge on any atom is 0.148 e. The summed E-state index contributed by atoms with van der Waals surface area (Å²) in [6.45, 7) is 3.88. The third-order valence-electron chi connectivity index (χ3n) is 2.73. The molecule has 1 fully saturated rings. The van der Waals surface area contributed by atoms with E-state index in [9.17, 15) is 9.59 Å². The number of carbonyl (C=O) groups excluding carboxylic acids is 2. The molecule has 0 amide bonds. The van der Waals surface area contributed by atoms with E-state index in [1.165, 1.54) is 0 Å². The van der Waals surface area contributed by atoms with E-state index in [1.807, 2.05) is 13.8 Å². The SMILES string of the molecule is CC1(C)CCCCC(C=O)C1=O. The van der Waals surface area contributed by atoms with Crippen molar-refractivity contribution >= 4 is 12.1 Å². The van der Waals surface area contributed by atoms with Gasteiger partial charge in [-0.3, -0.25) is 4.79 Å². The molecule has 2 heteroatoms. The van der Waals surface area contributed by atoms with E-state index < -0.39 is 0 Å². The van der Waals surface area contributed by atoms with Crippen molar-refractivity contribution in [2.45, 2.75) is 39.5 Å². The number of Topliss-reactive ketones (excluding diaryl/α,β-unsaturated/α-hetero) is 1. The molecule has 0 aliphatic heterocycles. The molecule has 68 valence electrons. The molecule has 0 radical (unpaired) electrons. The van der Waals surface area contributed by atoms with Crippen LogP contribution in [0.1, 0.15) is 39.5 Å². The molecule has 0 spiro atoms. The first-order valence-electron chi connectivity index (χ1n) is 4.57. The van der Waals surface area contributed by atoms with E-state index >= 15 is 0 Å². The summed E-state index contributed by atoms with van der Waals surface area (Å²) in [6, 6.07) is 0. The summed E-state index contributed by atoms with van der Waals surface area (Å²) in [7, 11) is 0. The van der Waals surface area contributed by atoms with Crippen molar-refractivity contribution in [3.8, 4) is 0 Å². The van der Waals surface area contributed by atoms with Crippen LogP contribution in [0.25, 0.3) is 0 Å². The van der Waals surface area contributed by atoms with Crippen LogP contribution in [0.15, 0.2) is 0 Å². The molecule has 0 aromatic heterocycles. The minimum atomic E-state index is -0.331. The lowest BCUT2D eigenvalue weighted by Crippen LogP contribution is -2.29. The van der Waals surface area contributed by atoms with E-state index in [1.54, 1.807) is 0 Å². The standard InChI is InChI=1S/C10H16O2/c1-10(2)6-4-3-5-8(7-11)9(10)12/h7-8H,3-6H2,1-2H3. The van der Waals surface area contributed by atoms with Crippen LogP contribution in [-0.4, -0.2) is 12.1 Å². The fraction of sp³-hybridized carbons (Fsp3) is 0.800. The second kappa shape index (κ2) is 3.38. The summed E-state index contributed by atoms with van der Waals surface area (Å²) in [5, 5.41) is 0. The topological polar surface area (TPSA) is 34.1 Å². The molecule has 1 atom stereocenters. The summed E-state index contributed by atoms with van der Waals surface area (Å²) in [5.74, 6) is -0.197. The maximum absolute atomic E-state index is 11.7. The molecule has 0 aromatic carbocycles. The van der Waals surface area contributed by atoms with Gasteiger partial charge in [0.05, 0.1) is 5.92 Å². The van der Waals surface area contributed by atoms with Gasteiger partial charge in [0.25, 0.3) is 0 Å². The first-order valence-corrected chi connectivity index (χ1v) is 4.57. The van der Waals surface area contributed by atoms with Crippen molar-refractivity contribution in [1.82, 2.24) is 0 Å². The van der Waals surface area contributed by atoms with Crippen molar-refractivity contribution in [1.29, 1.82) is 0 Å². The largest absolute Gasteiger partial charge is 0.303 e. The first-order chi connectivity index (χ1) is 5.58. The minimum Gasteiger partial charge on any atom is -0.303 e. The third kappa shape index (κ3) is 1.74. The van der Waals surface area contributed by atoms with Crippen LogP contribution in [0.3, 0.4) is 0 Å². The Morgan fingerprint density at radius 2 is 2.08 bits per heavy atom. The monoisotopic (exact) mass is 168 g/mol. The van der Waals surface area contributed by atoms with Gasteiger partial charge in [-0.2, -0.15) is 0 Å². The fourth-order valence-corrected chi connectivity index (χ4v) is 1.82. The number of aldehydes is 1. The lowest BCUT2D eigenvalue weighted by Gasteiger charge is -2.22. The van der Waals surface area contributed by atoms with Gasteiger partial charge in [0.2, 0.25) is 0 Å². The number of ketones is 1. The van der Waals surface area contributed by atoms with E-state index in [2.05, 4.69) is 0 Å². The molecular weight excluding hydrogens is 152 g/mol. The van der Waals surface area contributed by atoms with Gasteiger partial charge in [-0.15, -0.1) is 0 Å². The van der Waals surface area contributed by atoms with Crippen molar-refractivity contribution in [2.24, 2.45) is 11.3 Å². The number of carbonyl (C=O) groups is 2. The molecule has 0 aromatic rings. The van der Waals surface area contributed by atoms with Gasteiger partial charge in [-0.25, -0.2) is 0 Å². The quantitative estimate of drug-likeness (QED) is 0.341. The molecule has 2 nitrogen and oxygen atoms in total. The van der Waals surface area contributed by atoms with Crippen LogP contribution in [0.5, 0.6) is 0 Å². The lowest BCUT2D eigenvalue weighted by atomic mass is 9.80. The Balaban J connectivity index is 2.80. The number of hydrogen-bond donors (Lipinski definition) is 0. The molecule has 0 heterocycles. The first kappa shape index (κ1) is 9.43. The van der Waals surface area contributed by atoms with Crippen LogP contribution < -0.4 is 0 Å². The summed E-state index contributed by atoms with van der Waals surface area (Å²) in [4.78, 5) is 22.3. The normalized spacial score (nSPS) is 29.5. The average Bonchev–Trinajstić information content (AvgIpc) is 2.14. The second-order valence-electron chi connectivity index (χ2n) is 4.24. The van der Waals surface area contributed by atoms with Crippen LogP contribution in [0, 0.1) is 11.3 Å². The Hall–Kier alpha value is -0.660. The van der Waals surface area contributed by atoms with Crippen LogP contribution in [-0.2, 0) is 9.59 Å². The van der Waals surface area contributed by atoms with Crippen molar-refractivity contribution < 1.29 is 9.59 Å². The Labute approximate surface area is 73.3 Å². The molecular formula is C10H16O2. The Morgan fingerprint density at radius 1 is 1.42 bits per heavy atom. The number of hydrogen-bond acceptors (Lipinski definition) is 2. The zero-order valence-electron chi connectivity index (χ0n) is 7.80. The zero-order chi connectivity index (χ0) is 9.19. The molecule has 12 heavy (non-hydrogen) atoms. The van der Waals surface area contributed by atoms with Crippen LogP contribution in [0.4, 0.5) is 0 Å². The van der Waals surface area contributed by atoms with Gasteiger partial charge in [-0.05, 0) is 12.8 Å². The Morgan fingerprint density at radius 3 is 2.67 bits per heavy atom. The average molecular weight is 168 g/mol. The van der Waals surface area contributed by atoms with Gasteiger partial charge in [-0.1, -0.05) is 26.7 Å². The number of rotatable bonds is 1. The van der Waals surface area contributed by atoms with E-state index in [0.29, 0.717) is 0 Å². The van der Waals surface area contributed by atoms with E-state index in [4.69, 9.17) is 0 Å². The molecule has 0 saturated heterocycles. The Bertz CT molecular complexity index is 194. The van der Waals surface area contributed by atoms with Crippen LogP contribution >= 0.6 is 0 Å². The van der Waals surface area contributed by atoms with Crippen molar-refractivity contribution in [3.05, 3.63) is 0 Å². The van der Waals surface area contributed by atoms with Crippen molar-refractivity contribution in [3.63, 3.8) is 0 Å². The highest BCUT2D eigenvalue weighted by atomic mass is 16.1. The Kier molecular flexibility index (Phi) is 2.65. The molecule has 1 aliphatic carbocycles. The predicted molar refractivity (Wildman–Crippen MR) is 46.8 cm³/mol. The van der Waals surface area contributed by atoms with Gasteiger partial charge in [0, 0.05) is 5.41 Å². The minimum absolute atomic E-state index is 0.134. The van der Waals surface area contributed by atoms with Gasteiger partial charge < -0.3 is 4.79 Å². The molecule has 1 unspecified atom stereocenters. The zero-order valence-corrected chi connectivity index (χ0v) is 7.80. The van der Waals surface area contributed by atoms with E-state index in [-0.39, 0.29) is 17.1 Å². The van der Waals surface area contributed by atoms with E-state index in [0.717, 1.165) is 32.0 Å². The second-order valence-corrected chi connectivity index (χ2v) is 4.24. The summed E-state index contributed by atoms with van der Waals surface area (Å²) < 4.78 is 0. The highest BCUT2D eigenvalue weighted by molar-refractivity contribution is 5.96. The highest BCUT2D eigenvalue weighted by Gasteiger charge is 2.34. The van der Waals surface area contributed by atoms with Gasteiger partial charge >= 0.3 is 0 Å². The molecule has 1 saturated carbocycles. The molecule has 0 bridgehead atoms. The summed E-state index contributed by atoms with van der Waals surface area (Å²) in [6.07, 6.45) is 4.58. The summed E-state index contributed by atoms with van der Waals surface area (Å²) >= 11 is 0. The third-order valence-corrected chi connectivity index (χ3v) is 2.73. The maximum atomic E-state index is 11.7. The van der Waals surface area contributed by atoms with Gasteiger partial charge in [0.1, 0.15) is 12.1 Å². The molecule has 1 aliphatic rings. The fourth-order valence-electron chi connectivity index (χ4n) is 1.82. The van der Waals surface area contributed by atoms with Gasteiger partial charge in [0.15, 0.2) is 0 Å². The molecule has 1 rings (SSSR count). The summed E-state index contributed by atoms with van der Waals surface area (Å²) in [5.41, 5.74) is -0.276. The highest BCUT2D eigenvalue weighted by Crippen LogP contribution is 2.32. The van der Waals surface area contributed by atoms with Crippen LogP contribution in [0.2, 0.25) is 0 Å². The van der Waals surface area contributed by atoms with Crippen molar-refractivity contribution in [2.75, 3.05) is 0 Å².